The zero-order valence-corrected chi connectivity index (χ0v) is 6.36. The first-order valence-corrected chi connectivity index (χ1v) is 4.34. The fraction of sp³-hybridized carbons (Fsp3) is 0.600. The average Bonchev–Trinajstić information content (AvgIpc) is 1.62. The van der Waals surface area contributed by atoms with E-state index in [2.05, 4.69) is 10.8 Å². The molecule has 54 valence electrons. The van der Waals surface area contributed by atoms with E-state index in [9.17, 15) is 8.42 Å². The van der Waals surface area contributed by atoms with Crippen molar-refractivity contribution in [2.75, 3.05) is 6.26 Å². The van der Waals surface area contributed by atoms with Crippen LogP contribution in [0, 0.1) is 0 Å². The van der Waals surface area contributed by atoms with E-state index in [1.807, 2.05) is 0 Å². The smallest absolute Gasteiger partial charge is 0.305 e. The van der Waals surface area contributed by atoms with E-state index in [-0.39, 0.29) is 5.76 Å². The van der Waals surface area contributed by atoms with E-state index in [0.717, 1.165) is 6.26 Å². The van der Waals surface area contributed by atoms with E-state index in [4.69, 9.17) is 0 Å². The summed E-state index contributed by atoms with van der Waals surface area (Å²) in [6.07, 6.45) is 1.51. The molecule has 0 unspecified atom stereocenters. The largest absolute Gasteiger partial charge is 0.388 e. The van der Waals surface area contributed by atoms with Crippen molar-refractivity contribution < 1.29 is 12.6 Å². The van der Waals surface area contributed by atoms with Crippen LogP contribution in [-0.4, -0.2) is 14.7 Å². The zero-order chi connectivity index (χ0) is 7.49. The molecule has 9 heavy (non-hydrogen) atoms. The second-order valence-corrected chi connectivity index (χ2v) is 3.25. The van der Waals surface area contributed by atoms with Crippen molar-refractivity contribution in [3.05, 3.63) is 12.3 Å². The Labute approximate surface area is 55.5 Å². The second kappa shape index (κ2) is 2.87. The SMILES string of the molecule is C=C(CC)OS(C)(=O)=O. The Balaban J connectivity index is 3.91. The Hall–Kier alpha value is -0.510. The van der Waals surface area contributed by atoms with Crippen molar-refractivity contribution >= 4 is 10.1 Å². The van der Waals surface area contributed by atoms with Crippen LogP contribution in [0.2, 0.25) is 0 Å². The molecule has 0 bridgehead atoms. The van der Waals surface area contributed by atoms with Gasteiger partial charge in [0.1, 0.15) is 5.76 Å². The van der Waals surface area contributed by atoms with Crippen molar-refractivity contribution in [1.82, 2.24) is 0 Å². The van der Waals surface area contributed by atoms with Gasteiger partial charge in [0.25, 0.3) is 0 Å². The van der Waals surface area contributed by atoms with Crippen LogP contribution in [0.25, 0.3) is 0 Å². The summed E-state index contributed by atoms with van der Waals surface area (Å²) in [6.45, 7) is 5.13. The molecule has 0 aromatic heterocycles. The van der Waals surface area contributed by atoms with Gasteiger partial charge in [0.2, 0.25) is 0 Å². The van der Waals surface area contributed by atoms with Crippen LogP contribution in [0.5, 0.6) is 0 Å². The maximum Gasteiger partial charge on any atom is 0.305 e. The Bertz CT molecular complexity index is 190. The normalized spacial score (nSPS) is 10.9. The standard InChI is InChI=1S/C5H10O3S/c1-4-5(2)8-9(3,6)7/h2,4H2,1,3H3. The monoisotopic (exact) mass is 150 g/mol. The molecule has 0 heterocycles. The Morgan fingerprint density at radius 3 is 2.22 bits per heavy atom. The van der Waals surface area contributed by atoms with Gasteiger partial charge < -0.3 is 4.18 Å². The molecule has 0 rings (SSSR count). The van der Waals surface area contributed by atoms with Crippen LogP contribution >= 0.6 is 0 Å². The van der Waals surface area contributed by atoms with Crippen LogP contribution in [0.1, 0.15) is 13.3 Å². The second-order valence-electron chi connectivity index (χ2n) is 1.68. The highest BCUT2D eigenvalue weighted by Crippen LogP contribution is 2.01. The molecule has 0 spiro atoms. The molecule has 0 atom stereocenters. The number of rotatable bonds is 3. The van der Waals surface area contributed by atoms with Crippen molar-refractivity contribution in [2.24, 2.45) is 0 Å². The van der Waals surface area contributed by atoms with Crippen LogP contribution in [0.3, 0.4) is 0 Å². The van der Waals surface area contributed by atoms with E-state index in [0.29, 0.717) is 6.42 Å². The van der Waals surface area contributed by atoms with Crippen molar-refractivity contribution in [2.45, 2.75) is 13.3 Å². The molecule has 0 radical (unpaired) electrons. The third kappa shape index (κ3) is 5.36. The molecule has 3 nitrogen and oxygen atoms in total. The summed E-state index contributed by atoms with van der Waals surface area (Å²) in [5.41, 5.74) is 0. The quantitative estimate of drug-likeness (QED) is 0.443. The molecule has 0 aromatic carbocycles. The highest BCUT2D eigenvalue weighted by Gasteiger charge is 2.01. The van der Waals surface area contributed by atoms with Gasteiger partial charge in [-0.15, -0.1) is 0 Å². The third-order valence-electron chi connectivity index (χ3n) is 0.664. The van der Waals surface area contributed by atoms with Crippen LogP contribution in [0.15, 0.2) is 12.3 Å². The molecule has 4 heteroatoms. The summed E-state index contributed by atoms with van der Waals surface area (Å²) < 4.78 is 25.0. The fourth-order valence-corrected chi connectivity index (χ4v) is 0.819. The first kappa shape index (κ1) is 8.49. The van der Waals surface area contributed by atoms with Crippen LogP contribution in [0.4, 0.5) is 0 Å². The van der Waals surface area contributed by atoms with Gasteiger partial charge in [-0.3, -0.25) is 0 Å². The molecule has 0 amide bonds. The lowest BCUT2D eigenvalue weighted by molar-refractivity contribution is 0.402. The highest BCUT2D eigenvalue weighted by molar-refractivity contribution is 7.86. The summed E-state index contributed by atoms with van der Waals surface area (Å²) >= 11 is 0. The lowest BCUT2D eigenvalue weighted by Gasteiger charge is -2.00. The highest BCUT2D eigenvalue weighted by atomic mass is 32.2. The fourth-order valence-electron chi connectivity index (χ4n) is 0.273. The Morgan fingerprint density at radius 1 is 1.67 bits per heavy atom. The molecule has 0 fully saturated rings. The van der Waals surface area contributed by atoms with Gasteiger partial charge in [-0.2, -0.15) is 8.42 Å². The number of hydrogen-bond donors (Lipinski definition) is 0. The Kier molecular flexibility index (Phi) is 2.70. The van der Waals surface area contributed by atoms with Gasteiger partial charge in [-0.05, 0) is 0 Å². The molecule has 0 aliphatic heterocycles. The predicted octanol–water partition coefficient (Wildman–Crippen LogP) is 0.886. The molecule has 0 aliphatic carbocycles. The molecule has 0 aliphatic rings. The maximum atomic E-state index is 10.3. The summed E-state index contributed by atoms with van der Waals surface area (Å²) in [7, 11) is -3.33. The summed E-state index contributed by atoms with van der Waals surface area (Å²) in [6, 6.07) is 0. The van der Waals surface area contributed by atoms with E-state index < -0.39 is 10.1 Å². The summed E-state index contributed by atoms with van der Waals surface area (Å²) in [5.74, 6) is 0.275. The van der Waals surface area contributed by atoms with Crippen LogP contribution in [-0.2, 0) is 14.3 Å². The number of allylic oxidation sites excluding steroid dienone is 1. The predicted molar refractivity (Wildman–Crippen MR) is 35.4 cm³/mol. The van der Waals surface area contributed by atoms with Gasteiger partial charge in [-0.1, -0.05) is 13.5 Å². The maximum absolute atomic E-state index is 10.3. The van der Waals surface area contributed by atoms with Gasteiger partial charge in [0.05, 0.1) is 6.26 Å². The van der Waals surface area contributed by atoms with Crippen molar-refractivity contribution in [3.8, 4) is 0 Å². The van der Waals surface area contributed by atoms with Gasteiger partial charge in [0, 0.05) is 6.42 Å². The van der Waals surface area contributed by atoms with Gasteiger partial charge in [-0.25, -0.2) is 0 Å². The molecule has 0 N–H and O–H groups in total. The van der Waals surface area contributed by atoms with E-state index in [1.54, 1.807) is 6.92 Å². The molecule has 0 saturated carbocycles. The minimum absolute atomic E-state index is 0.275. The van der Waals surface area contributed by atoms with Crippen molar-refractivity contribution in [1.29, 1.82) is 0 Å². The lowest BCUT2D eigenvalue weighted by Crippen LogP contribution is -2.00. The van der Waals surface area contributed by atoms with E-state index in [1.165, 1.54) is 0 Å². The summed E-state index contributed by atoms with van der Waals surface area (Å²) in [5, 5.41) is 0. The van der Waals surface area contributed by atoms with E-state index >= 15 is 0 Å². The summed E-state index contributed by atoms with van der Waals surface area (Å²) in [4.78, 5) is 0. The zero-order valence-electron chi connectivity index (χ0n) is 5.55. The lowest BCUT2D eigenvalue weighted by atomic mass is 10.4. The average molecular weight is 150 g/mol. The first-order valence-electron chi connectivity index (χ1n) is 2.53. The minimum atomic E-state index is -3.33. The van der Waals surface area contributed by atoms with Crippen LogP contribution < -0.4 is 0 Å². The Morgan fingerprint density at radius 2 is 2.11 bits per heavy atom. The number of hydrogen-bond acceptors (Lipinski definition) is 3. The molecule has 0 saturated heterocycles. The molecular formula is C5H10O3S. The van der Waals surface area contributed by atoms with Gasteiger partial charge in [0.15, 0.2) is 0 Å². The minimum Gasteiger partial charge on any atom is -0.388 e. The first-order chi connectivity index (χ1) is 3.95. The topological polar surface area (TPSA) is 43.4 Å². The third-order valence-corrected chi connectivity index (χ3v) is 1.20. The van der Waals surface area contributed by atoms with Gasteiger partial charge >= 0.3 is 10.1 Å². The molecular weight excluding hydrogens is 140 g/mol. The molecule has 0 aromatic rings. The van der Waals surface area contributed by atoms with Crippen molar-refractivity contribution in [3.63, 3.8) is 0 Å².